The first-order chi connectivity index (χ1) is 9.11. The van der Waals surface area contributed by atoms with Crippen molar-refractivity contribution in [3.05, 3.63) is 34.3 Å². The predicted octanol–water partition coefficient (Wildman–Crippen LogP) is 4.13. The Hall–Kier alpha value is -0.730. The molecule has 2 nitrogen and oxygen atoms in total. The maximum atomic E-state index is 12.5. The van der Waals surface area contributed by atoms with Crippen molar-refractivity contribution < 1.29 is 4.79 Å². The Kier molecular flexibility index (Phi) is 5.12. The quantitative estimate of drug-likeness (QED) is 0.769. The van der Waals surface area contributed by atoms with Crippen LogP contribution < -0.4 is 0 Å². The molecule has 0 aliphatic carbocycles. The number of aryl methyl sites for hydroxylation is 1. The fraction of sp³-hybridized carbons (Fsp3) is 0.533. The lowest BCUT2D eigenvalue weighted by Gasteiger charge is -2.32. The molecule has 1 heterocycles. The maximum Gasteiger partial charge on any atom is 0.253 e. The highest BCUT2D eigenvalue weighted by atomic mass is 35.5. The third-order valence-electron chi connectivity index (χ3n) is 3.73. The Morgan fingerprint density at radius 3 is 2.95 bits per heavy atom. The van der Waals surface area contributed by atoms with Crippen LogP contribution in [-0.4, -0.2) is 29.8 Å². The summed E-state index contributed by atoms with van der Waals surface area (Å²) in [6.07, 6.45) is 3.24. The van der Waals surface area contributed by atoms with Gasteiger partial charge in [-0.15, -0.1) is 11.6 Å². The molecule has 0 saturated carbocycles. The molecule has 19 heavy (non-hydrogen) atoms. The van der Waals surface area contributed by atoms with Crippen molar-refractivity contribution in [2.75, 3.05) is 19.0 Å². The number of hydrogen-bond donors (Lipinski definition) is 0. The highest BCUT2D eigenvalue weighted by Crippen LogP contribution is 2.23. The van der Waals surface area contributed by atoms with Gasteiger partial charge in [-0.25, -0.2) is 0 Å². The summed E-state index contributed by atoms with van der Waals surface area (Å²) in [5.74, 6) is 1.33. The molecule has 1 aliphatic rings. The van der Waals surface area contributed by atoms with Gasteiger partial charge >= 0.3 is 0 Å². The SMILES string of the molecule is Cc1cc(C(=O)N2CCCC(CCCl)C2)ccc1Cl. The average molecular weight is 300 g/mol. The predicted molar refractivity (Wildman–Crippen MR) is 80.2 cm³/mol. The van der Waals surface area contributed by atoms with Crippen molar-refractivity contribution >= 4 is 29.1 Å². The summed E-state index contributed by atoms with van der Waals surface area (Å²) in [5, 5.41) is 0.704. The van der Waals surface area contributed by atoms with E-state index in [1.807, 2.05) is 24.0 Å². The summed E-state index contributed by atoms with van der Waals surface area (Å²) in [4.78, 5) is 14.4. The topological polar surface area (TPSA) is 20.3 Å². The highest BCUT2D eigenvalue weighted by Gasteiger charge is 2.24. The van der Waals surface area contributed by atoms with Gasteiger partial charge in [0, 0.05) is 29.6 Å². The molecule has 1 aromatic carbocycles. The minimum absolute atomic E-state index is 0.110. The zero-order valence-electron chi connectivity index (χ0n) is 11.2. The molecule has 0 aromatic heterocycles. The van der Waals surface area contributed by atoms with Crippen LogP contribution in [0.4, 0.5) is 0 Å². The van der Waals surface area contributed by atoms with Crippen LogP contribution in [0.3, 0.4) is 0 Å². The lowest BCUT2D eigenvalue weighted by molar-refractivity contribution is 0.0671. The molecule has 2 rings (SSSR count). The summed E-state index contributed by atoms with van der Waals surface area (Å²) in [6.45, 7) is 3.60. The Morgan fingerprint density at radius 1 is 1.47 bits per heavy atom. The minimum atomic E-state index is 0.110. The van der Waals surface area contributed by atoms with E-state index in [-0.39, 0.29) is 5.91 Å². The molecule has 0 radical (unpaired) electrons. The zero-order chi connectivity index (χ0) is 13.8. The van der Waals surface area contributed by atoms with Gasteiger partial charge in [0.1, 0.15) is 0 Å². The number of carbonyl (C=O) groups is 1. The number of likely N-dealkylation sites (tertiary alicyclic amines) is 1. The molecule has 0 N–H and O–H groups in total. The molecule has 1 atom stereocenters. The summed E-state index contributed by atoms with van der Waals surface area (Å²) < 4.78 is 0. The molecular formula is C15H19Cl2NO. The van der Waals surface area contributed by atoms with Gasteiger partial charge in [-0.3, -0.25) is 4.79 Å². The summed E-state index contributed by atoms with van der Waals surface area (Å²) in [7, 11) is 0. The second-order valence-corrected chi connectivity index (χ2v) is 5.99. The van der Waals surface area contributed by atoms with Crippen LogP contribution in [0.25, 0.3) is 0 Å². The number of piperidine rings is 1. The van der Waals surface area contributed by atoms with Crippen LogP contribution in [0.2, 0.25) is 5.02 Å². The summed E-state index contributed by atoms with van der Waals surface area (Å²) in [6, 6.07) is 5.48. The van der Waals surface area contributed by atoms with Crippen LogP contribution in [0.5, 0.6) is 0 Å². The molecule has 1 saturated heterocycles. The van der Waals surface area contributed by atoms with E-state index in [4.69, 9.17) is 23.2 Å². The van der Waals surface area contributed by atoms with E-state index in [9.17, 15) is 4.79 Å². The number of alkyl halides is 1. The van der Waals surface area contributed by atoms with E-state index >= 15 is 0 Å². The molecule has 1 fully saturated rings. The molecule has 4 heteroatoms. The van der Waals surface area contributed by atoms with Gasteiger partial charge in [0.15, 0.2) is 0 Å². The van der Waals surface area contributed by atoms with Crippen molar-refractivity contribution in [2.24, 2.45) is 5.92 Å². The van der Waals surface area contributed by atoms with Crippen molar-refractivity contribution in [3.8, 4) is 0 Å². The van der Waals surface area contributed by atoms with Gasteiger partial charge in [0.05, 0.1) is 0 Å². The Bertz CT molecular complexity index is 459. The molecule has 1 amide bonds. The Morgan fingerprint density at radius 2 is 2.26 bits per heavy atom. The van der Waals surface area contributed by atoms with E-state index in [1.165, 1.54) is 6.42 Å². The second-order valence-electron chi connectivity index (χ2n) is 5.20. The van der Waals surface area contributed by atoms with E-state index in [2.05, 4.69) is 0 Å². The number of amides is 1. The molecule has 104 valence electrons. The van der Waals surface area contributed by atoms with Crippen LogP contribution >= 0.6 is 23.2 Å². The van der Waals surface area contributed by atoms with Crippen LogP contribution in [0, 0.1) is 12.8 Å². The summed E-state index contributed by atoms with van der Waals surface area (Å²) in [5.41, 5.74) is 1.68. The first-order valence-electron chi connectivity index (χ1n) is 6.73. The van der Waals surface area contributed by atoms with Crippen molar-refractivity contribution in [1.82, 2.24) is 4.90 Å². The van der Waals surface area contributed by atoms with Crippen LogP contribution in [0.15, 0.2) is 18.2 Å². The molecule has 0 spiro atoms. The Labute approximate surface area is 124 Å². The highest BCUT2D eigenvalue weighted by molar-refractivity contribution is 6.31. The van der Waals surface area contributed by atoms with E-state index < -0.39 is 0 Å². The van der Waals surface area contributed by atoms with Gasteiger partial charge in [0.2, 0.25) is 0 Å². The molecule has 1 aromatic rings. The number of carbonyl (C=O) groups excluding carboxylic acids is 1. The fourth-order valence-corrected chi connectivity index (χ4v) is 3.03. The van der Waals surface area contributed by atoms with Crippen LogP contribution in [0.1, 0.15) is 35.2 Å². The van der Waals surface area contributed by atoms with E-state index in [0.29, 0.717) is 16.8 Å². The number of rotatable bonds is 3. The number of benzene rings is 1. The van der Waals surface area contributed by atoms with Crippen molar-refractivity contribution in [2.45, 2.75) is 26.2 Å². The van der Waals surface area contributed by atoms with Crippen molar-refractivity contribution in [3.63, 3.8) is 0 Å². The third kappa shape index (κ3) is 3.64. The summed E-state index contributed by atoms with van der Waals surface area (Å²) >= 11 is 11.8. The smallest absolute Gasteiger partial charge is 0.253 e. The number of halogens is 2. The van der Waals surface area contributed by atoms with Gasteiger partial charge in [-0.1, -0.05) is 11.6 Å². The third-order valence-corrected chi connectivity index (χ3v) is 4.37. The maximum absolute atomic E-state index is 12.5. The fourth-order valence-electron chi connectivity index (χ4n) is 2.60. The molecular weight excluding hydrogens is 281 g/mol. The van der Waals surface area contributed by atoms with Crippen LogP contribution in [-0.2, 0) is 0 Å². The first kappa shape index (κ1) is 14.7. The lowest BCUT2D eigenvalue weighted by atomic mass is 9.95. The monoisotopic (exact) mass is 299 g/mol. The van der Waals surface area contributed by atoms with Gasteiger partial charge in [-0.05, 0) is 55.9 Å². The van der Waals surface area contributed by atoms with E-state index in [0.717, 1.165) is 37.1 Å². The van der Waals surface area contributed by atoms with Crippen molar-refractivity contribution in [1.29, 1.82) is 0 Å². The lowest BCUT2D eigenvalue weighted by Crippen LogP contribution is -2.40. The molecule has 1 aliphatic heterocycles. The minimum Gasteiger partial charge on any atom is -0.338 e. The van der Waals surface area contributed by atoms with Gasteiger partial charge < -0.3 is 4.90 Å². The van der Waals surface area contributed by atoms with E-state index in [1.54, 1.807) is 6.07 Å². The van der Waals surface area contributed by atoms with Gasteiger partial charge in [0.25, 0.3) is 5.91 Å². The second kappa shape index (κ2) is 6.62. The normalized spacial score (nSPS) is 19.5. The zero-order valence-corrected chi connectivity index (χ0v) is 12.7. The van der Waals surface area contributed by atoms with Gasteiger partial charge in [-0.2, -0.15) is 0 Å². The standard InChI is InChI=1S/C15H19Cl2NO/c1-11-9-13(4-5-14(11)17)15(19)18-8-2-3-12(10-18)6-7-16/h4-5,9,12H,2-3,6-8,10H2,1H3. The largest absolute Gasteiger partial charge is 0.338 e. The average Bonchev–Trinajstić information content (AvgIpc) is 2.42. The molecule has 1 unspecified atom stereocenters. The Balaban J connectivity index is 2.08. The molecule has 0 bridgehead atoms. The number of hydrogen-bond acceptors (Lipinski definition) is 1. The number of nitrogens with zero attached hydrogens (tertiary/aromatic N) is 1. The first-order valence-corrected chi connectivity index (χ1v) is 7.64.